The number of aromatic nitrogens is 1. The zero-order chi connectivity index (χ0) is 24.8. The Bertz CT molecular complexity index is 1180. The first kappa shape index (κ1) is 24.4. The minimum Gasteiger partial charge on any atom is -0.481 e. The molecule has 0 unspecified atom stereocenters. The van der Waals surface area contributed by atoms with Crippen molar-refractivity contribution in [1.82, 2.24) is 15.2 Å². The number of amides is 2. The van der Waals surface area contributed by atoms with Crippen molar-refractivity contribution in [2.45, 2.75) is 32.2 Å². The average molecular weight is 494 g/mol. The van der Waals surface area contributed by atoms with Gasteiger partial charge in [0.15, 0.2) is 0 Å². The summed E-state index contributed by atoms with van der Waals surface area (Å²) in [6.07, 6.45) is 1.52. The van der Waals surface area contributed by atoms with E-state index in [1.54, 1.807) is 0 Å². The molecule has 0 fully saturated rings. The molecule has 8 nitrogen and oxygen atoms in total. The van der Waals surface area contributed by atoms with Crippen LogP contribution in [-0.4, -0.2) is 52.7 Å². The highest BCUT2D eigenvalue weighted by Crippen LogP contribution is 2.44. The molecular weight excluding hydrogens is 466 g/mol. The Kier molecular flexibility index (Phi) is 7.77. The van der Waals surface area contributed by atoms with Crippen LogP contribution in [0.1, 0.15) is 51.5 Å². The molecule has 1 heterocycles. The molecule has 35 heavy (non-hydrogen) atoms. The minimum atomic E-state index is -0.948. The summed E-state index contributed by atoms with van der Waals surface area (Å²) in [5.74, 6) is -1.22. The number of rotatable bonds is 10. The molecule has 0 aliphatic heterocycles. The van der Waals surface area contributed by atoms with Crippen LogP contribution in [0.4, 0.5) is 4.79 Å². The summed E-state index contributed by atoms with van der Waals surface area (Å²) in [4.78, 5) is 42.2. The summed E-state index contributed by atoms with van der Waals surface area (Å²) in [5, 5.41) is 12.2. The Labute approximate surface area is 207 Å². The van der Waals surface area contributed by atoms with Crippen LogP contribution >= 0.6 is 11.3 Å². The van der Waals surface area contributed by atoms with Gasteiger partial charge in [0.25, 0.3) is 5.91 Å². The normalized spacial score (nSPS) is 12.0. The standard InChI is InChI=1S/C26H27N3O5S/c1-2-12-29(13-11-24(30)31)25(32)22-14-27-23(35-22)15-28-26(33)34-16-21-19-9-5-3-7-17(19)18-8-4-6-10-20(18)21/h3-10,14,21H,2,11-13,15-16H2,1H3,(H,28,33)(H,30,31). The lowest BCUT2D eigenvalue weighted by Gasteiger charge is -2.20. The Morgan fingerprint density at radius 1 is 1.06 bits per heavy atom. The number of ether oxygens (including phenoxy) is 1. The first-order chi connectivity index (χ1) is 17.0. The van der Waals surface area contributed by atoms with Crippen LogP contribution in [0.15, 0.2) is 54.7 Å². The van der Waals surface area contributed by atoms with Crippen molar-refractivity contribution in [2.24, 2.45) is 0 Å². The number of carbonyl (C=O) groups excluding carboxylic acids is 2. The van der Waals surface area contributed by atoms with E-state index >= 15 is 0 Å². The fourth-order valence-corrected chi connectivity index (χ4v) is 5.08. The molecule has 0 spiro atoms. The maximum absolute atomic E-state index is 12.7. The van der Waals surface area contributed by atoms with Gasteiger partial charge in [0.05, 0.1) is 19.2 Å². The first-order valence-electron chi connectivity index (χ1n) is 11.5. The Hall–Kier alpha value is -3.72. The monoisotopic (exact) mass is 493 g/mol. The number of alkyl carbamates (subject to hydrolysis) is 1. The molecule has 0 atom stereocenters. The highest BCUT2D eigenvalue weighted by atomic mass is 32.1. The van der Waals surface area contributed by atoms with E-state index in [0.717, 1.165) is 28.7 Å². The number of hydrogen-bond acceptors (Lipinski definition) is 6. The zero-order valence-electron chi connectivity index (χ0n) is 19.4. The van der Waals surface area contributed by atoms with Gasteiger partial charge >= 0.3 is 12.1 Å². The topological polar surface area (TPSA) is 109 Å². The van der Waals surface area contributed by atoms with Crippen LogP contribution in [-0.2, 0) is 16.1 Å². The molecule has 1 aliphatic rings. The molecule has 3 aromatic rings. The Balaban J connectivity index is 1.31. The van der Waals surface area contributed by atoms with Gasteiger partial charge in [0.2, 0.25) is 0 Å². The van der Waals surface area contributed by atoms with Gasteiger partial charge in [-0.15, -0.1) is 11.3 Å². The quantitative estimate of drug-likeness (QED) is 0.430. The molecule has 0 radical (unpaired) electrons. The van der Waals surface area contributed by atoms with E-state index in [-0.39, 0.29) is 37.9 Å². The number of benzene rings is 2. The maximum atomic E-state index is 12.7. The van der Waals surface area contributed by atoms with Crippen molar-refractivity contribution in [3.63, 3.8) is 0 Å². The van der Waals surface area contributed by atoms with Gasteiger partial charge in [0, 0.05) is 19.0 Å². The third-order valence-corrected chi connectivity index (χ3v) is 6.85. The summed E-state index contributed by atoms with van der Waals surface area (Å²) in [6.45, 7) is 2.90. The van der Waals surface area contributed by atoms with Crippen molar-refractivity contribution in [3.05, 3.63) is 75.7 Å². The number of carboxylic acid groups (broad SMARTS) is 1. The van der Waals surface area contributed by atoms with Crippen molar-refractivity contribution in [2.75, 3.05) is 19.7 Å². The summed E-state index contributed by atoms with van der Waals surface area (Å²) in [7, 11) is 0. The second-order valence-electron chi connectivity index (χ2n) is 8.23. The Morgan fingerprint density at radius 2 is 1.71 bits per heavy atom. The molecule has 0 saturated heterocycles. The number of aliphatic carboxylic acids is 1. The molecule has 0 bridgehead atoms. The molecule has 0 saturated carbocycles. The van der Waals surface area contributed by atoms with Gasteiger partial charge in [-0.25, -0.2) is 9.78 Å². The predicted molar refractivity (Wildman–Crippen MR) is 132 cm³/mol. The lowest BCUT2D eigenvalue weighted by atomic mass is 9.98. The van der Waals surface area contributed by atoms with Gasteiger partial charge < -0.3 is 20.1 Å². The molecule has 2 amide bonds. The summed E-state index contributed by atoms with van der Waals surface area (Å²) >= 11 is 1.18. The SMILES string of the molecule is CCCN(CCC(=O)O)C(=O)c1cnc(CNC(=O)OCC2c3ccccc3-c3ccccc32)s1. The third kappa shape index (κ3) is 5.68. The van der Waals surface area contributed by atoms with E-state index in [1.165, 1.54) is 22.4 Å². The molecule has 9 heteroatoms. The lowest BCUT2D eigenvalue weighted by Crippen LogP contribution is -2.33. The zero-order valence-corrected chi connectivity index (χ0v) is 20.2. The van der Waals surface area contributed by atoms with Crippen molar-refractivity contribution in [3.8, 4) is 11.1 Å². The number of thiazole rings is 1. The fourth-order valence-electron chi connectivity index (χ4n) is 4.26. The van der Waals surface area contributed by atoms with Crippen LogP contribution in [0.25, 0.3) is 11.1 Å². The number of carboxylic acids is 1. The molecule has 2 aromatic carbocycles. The maximum Gasteiger partial charge on any atom is 0.407 e. The molecule has 1 aromatic heterocycles. The van der Waals surface area contributed by atoms with Gasteiger partial charge in [-0.2, -0.15) is 0 Å². The molecule has 1 aliphatic carbocycles. The number of carbonyl (C=O) groups is 3. The van der Waals surface area contributed by atoms with E-state index < -0.39 is 12.1 Å². The number of fused-ring (bicyclic) bond motifs is 3. The van der Waals surface area contributed by atoms with Gasteiger partial charge in [-0.05, 0) is 28.7 Å². The third-order valence-electron chi connectivity index (χ3n) is 5.87. The highest BCUT2D eigenvalue weighted by molar-refractivity contribution is 7.13. The van der Waals surface area contributed by atoms with E-state index in [2.05, 4.69) is 34.6 Å². The largest absolute Gasteiger partial charge is 0.481 e. The van der Waals surface area contributed by atoms with E-state index in [4.69, 9.17) is 9.84 Å². The van der Waals surface area contributed by atoms with Gasteiger partial charge in [-0.3, -0.25) is 9.59 Å². The van der Waals surface area contributed by atoms with Gasteiger partial charge in [-0.1, -0.05) is 55.5 Å². The van der Waals surface area contributed by atoms with Crippen LogP contribution in [0.5, 0.6) is 0 Å². The number of hydrogen-bond donors (Lipinski definition) is 2. The van der Waals surface area contributed by atoms with Gasteiger partial charge in [0.1, 0.15) is 16.5 Å². The summed E-state index contributed by atoms with van der Waals surface area (Å²) in [5.41, 5.74) is 4.61. The van der Waals surface area contributed by atoms with Crippen molar-refractivity contribution >= 4 is 29.3 Å². The van der Waals surface area contributed by atoms with Crippen LogP contribution < -0.4 is 5.32 Å². The second kappa shape index (κ2) is 11.1. The fraction of sp³-hybridized carbons (Fsp3) is 0.308. The molecule has 2 N–H and O–H groups in total. The van der Waals surface area contributed by atoms with E-state index in [9.17, 15) is 14.4 Å². The average Bonchev–Trinajstić information content (AvgIpc) is 3.46. The van der Waals surface area contributed by atoms with Crippen LogP contribution in [0.3, 0.4) is 0 Å². The summed E-state index contributed by atoms with van der Waals surface area (Å²) in [6, 6.07) is 16.3. The molecular formula is C26H27N3O5S. The smallest absolute Gasteiger partial charge is 0.407 e. The molecule has 182 valence electrons. The van der Waals surface area contributed by atoms with E-state index in [1.807, 2.05) is 31.2 Å². The van der Waals surface area contributed by atoms with Crippen molar-refractivity contribution < 1.29 is 24.2 Å². The molecule has 4 rings (SSSR count). The summed E-state index contributed by atoms with van der Waals surface area (Å²) < 4.78 is 5.54. The minimum absolute atomic E-state index is 0.0208. The second-order valence-corrected chi connectivity index (χ2v) is 9.35. The van der Waals surface area contributed by atoms with Crippen LogP contribution in [0.2, 0.25) is 0 Å². The lowest BCUT2D eigenvalue weighted by molar-refractivity contribution is -0.137. The van der Waals surface area contributed by atoms with E-state index in [0.29, 0.717) is 16.4 Å². The number of nitrogens with zero attached hydrogens (tertiary/aromatic N) is 2. The van der Waals surface area contributed by atoms with Crippen molar-refractivity contribution in [1.29, 1.82) is 0 Å². The van der Waals surface area contributed by atoms with Crippen LogP contribution in [0, 0.1) is 0 Å². The highest BCUT2D eigenvalue weighted by Gasteiger charge is 2.29. The Morgan fingerprint density at radius 3 is 2.34 bits per heavy atom. The first-order valence-corrected chi connectivity index (χ1v) is 12.3. The number of nitrogens with one attached hydrogen (secondary N) is 1. The predicted octanol–water partition coefficient (Wildman–Crippen LogP) is 4.51.